The Kier molecular flexibility index (Phi) is 3.41. The largest absolute Gasteiger partial charge is 0.389 e. The zero-order chi connectivity index (χ0) is 9.68. The van der Waals surface area contributed by atoms with Crippen molar-refractivity contribution in [2.45, 2.75) is 13.0 Å². The van der Waals surface area contributed by atoms with E-state index in [2.05, 4.69) is 0 Å². The normalized spacial score (nSPS) is 13.8. The quantitative estimate of drug-likeness (QED) is 0.561. The third kappa shape index (κ3) is 2.53. The van der Waals surface area contributed by atoms with E-state index in [1.165, 1.54) is 6.08 Å². The molecule has 2 heteroatoms. The predicted octanol–water partition coefficient (Wildman–Crippen LogP) is 1.65. The van der Waals surface area contributed by atoms with Gasteiger partial charge >= 0.3 is 0 Å². The molecule has 0 aliphatic carbocycles. The zero-order valence-electron chi connectivity index (χ0n) is 7.47. The number of aliphatic hydroxyl groups is 1. The Morgan fingerprint density at radius 2 is 2.00 bits per heavy atom. The molecule has 0 heterocycles. The van der Waals surface area contributed by atoms with Crippen LogP contribution in [0.1, 0.15) is 12.5 Å². The van der Waals surface area contributed by atoms with Gasteiger partial charge in [0.2, 0.25) is 0 Å². The summed E-state index contributed by atoms with van der Waals surface area (Å²) >= 11 is 0. The molecule has 1 unspecified atom stereocenters. The van der Waals surface area contributed by atoms with Crippen LogP contribution >= 0.6 is 0 Å². The second kappa shape index (κ2) is 4.58. The summed E-state index contributed by atoms with van der Waals surface area (Å²) in [5.74, 6) is 0. The number of hydrogen-bond acceptors (Lipinski definition) is 2. The lowest BCUT2D eigenvalue weighted by molar-refractivity contribution is -0.104. The van der Waals surface area contributed by atoms with Gasteiger partial charge in [-0.2, -0.15) is 0 Å². The summed E-state index contributed by atoms with van der Waals surface area (Å²) in [5.41, 5.74) is 1.53. The van der Waals surface area contributed by atoms with Crippen LogP contribution in [0, 0.1) is 0 Å². The van der Waals surface area contributed by atoms with Gasteiger partial charge in [-0.15, -0.1) is 0 Å². The van der Waals surface area contributed by atoms with E-state index in [4.69, 9.17) is 0 Å². The maximum absolute atomic E-state index is 10.3. The zero-order valence-corrected chi connectivity index (χ0v) is 7.47. The molecule has 0 fully saturated rings. The fourth-order valence-corrected chi connectivity index (χ4v) is 1.18. The lowest BCUT2D eigenvalue weighted by Crippen LogP contribution is -2.03. The second-order valence-corrected chi connectivity index (χ2v) is 2.80. The first-order chi connectivity index (χ1) is 6.25. The topological polar surface area (TPSA) is 37.3 Å². The Bertz CT molecular complexity index is 299. The Balaban J connectivity index is 3.03. The van der Waals surface area contributed by atoms with E-state index in [0.29, 0.717) is 11.9 Å². The minimum Gasteiger partial charge on any atom is -0.389 e. The molecule has 1 aromatic carbocycles. The van der Waals surface area contributed by atoms with Crippen LogP contribution in [0.4, 0.5) is 0 Å². The number of carbonyl (C=O) groups excluding carboxylic acids is 1. The average Bonchev–Trinajstić information content (AvgIpc) is 2.15. The molecular formula is C11H12O2. The van der Waals surface area contributed by atoms with Crippen molar-refractivity contribution in [3.05, 3.63) is 42.0 Å². The standard InChI is InChI=1S/C11H12O2/c1-9(13)11(7-8-12)10-5-3-2-4-6-10/h2-9,13H,1H3/b11-7+. The molecule has 0 bridgehead atoms. The fourth-order valence-electron chi connectivity index (χ4n) is 1.18. The van der Waals surface area contributed by atoms with Crippen molar-refractivity contribution in [1.29, 1.82) is 0 Å². The van der Waals surface area contributed by atoms with Gasteiger partial charge in [0, 0.05) is 0 Å². The maximum Gasteiger partial charge on any atom is 0.143 e. The van der Waals surface area contributed by atoms with Crippen LogP contribution in [0.3, 0.4) is 0 Å². The van der Waals surface area contributed by atoms with Crippen LogP contribution < -0.4 is 0 Å². The molecule has 0 aromatic heterocycles. The number of carbonyl (C=O) groups is 1. The number of aldehydes is 1. The lowest BCUT2D eigenvalue weighted by Gasteiger charge is -2.08. The third-order valence-corrected chi connectivity index (χ3v) is 1.80. The van der Waals surface area contributed by atoms with E-state index in [1.54, 1.807) is 6.92 Å². The van der Waals surface area contributed by atoms with Crippen molar-refractivity contribution >= 4 is 11.9 Å². The van der Waals surface area contributed by atoms with Gasteiger partial charge in [-0.25, -0.2) is 0 Å². The predicted molar refractivity (Wildman–Crippen MR) is 52.2 cm³/mol. The Hall–Kier alpha value is -1.41. The summed E-state index contributed by atoms with van der Waals surface area (Å²) in [4.78, 5) is 10.3. The molecule has 0 radical (unpaired) electrons. The minimum absolute atomic E-state index is 0.618. The van der Waals surface area contributed by atoms with Crippen LogP contribution in [0.25, 0.3) is 5.57 Å². The molecule has 2 nitrogen and oxygen atoms in total. The highest BCUT2D eigenvalue weighted by Gasteiger charge is 2.05. The monoisotopic (exact) mass is 176 g/mol. The number of allylic oxidation sites excluding steroid dienone is 1. The molecule has 1 atom stereocenters. The molecule has 0 saturated carbocycles. The van der Waals surface area contributed by atoms with E-state index < -0.39 is 6.10 Å². The summed E-state index contributed by atoms with van der Waals surface area (Å²) in [6.45, 7) is 1.64. The molecular weight excluding hydrogens is 164 g/mol. The smallest absolute Gasteiger partial charge is 0.143 e. The van der Waals surface area contributed by atoms with E-state index in [0.717, 1.165) is 5.56 Å². The van der Waals surface area contributed by atoms with Gasteiger partial charge in [-0.05, 0) is 24.1 Å². The summed E-state index contributed by atoms with van der Waals surface area (Å²) in [7, 11) is 0. The van der Waals surface area contributed by atoms with E-state index in [1.807, 2.05) is 30.3 Å². The minimum atomic E-state index is -0.618. The van der Waals surface area contributed by atoms with Gasteiger partial charge in [0.1, 0.15) is 6.29 Å². The van der Waals surface area contributed by atoms with Gasteiger partial charge in [-0.1, -0.05) is 30.3 Å². The molecule has 0 amide bonds. The second-order valence-electron chi connectivity index (χ2n) is 2.80. The summed E-state index contributed by atoms with van der Waals surface area (Å²) in [6, 6.07) is 9.36. The summed E-state index contributed by atoms with van der Waals surface area (Å²) in [5, 5.41) is 9.37. The van der Waals surface area contributed by atoms with Gasteiger partial charge in [0.25, 0.3) is 0 Å². The van der Waals surface area contributed by atoms with Crippen molar-refractivity contribution in [1.82, 2.24) is 0 Å². The third-order valence-electron chi connectivity index (χ3n) is 1.80. The van der Waals surface area contributed by atoms with Gasteiger partial charge < -0.3 is 5.11 Å². The van der Waals surface area contributed by atoms with Crippen LogP contribution in [0.2, 0.25) is 0 Å². The first-order valence-corrected chi connectivity index (χ1v) is 4.14. The molecule has 1 N–H and O–H groups in total. The molecule has 13 heavy (non-hydrogen) atoms. The first kappa shape index (κ1) is 9.68. The molecule has 1 aromatic rings. The van der Waals surface area contributed by atoms with Crippen LogP contribution in [-0.2, 0) is 4.79 Å². The number of rotatable bonds is 3. The summed E-state index contributed by atoms with van der Waals surface area (Å²) < 4.78 is 0. The van der Waals surface area contributed by atoms with Crippen LogP contribution in [-0.4, -0.2) is 17.5 Å². The van der Waals surface area contributed by atoms with Crippen molar-refractivity contribution in [3.63, 3.8) is 0 Å². The van der Waals surface area contributed by atoms with Crippen molar-refractivity contribution < 1.29 is 9.90 Å². The van der Waals surface area contributed by atoms with Crippen LogP contribution in [0.5, 0.6) is 0 Å². The van der Waals surface area contributed by atoms with Crippen LogP contribution in [0.15, 0.2) is 36.4 Å². The van der Waals surface area contributed by atoms with E-state index >= 15 is 0 Å². The fraction of sp³-hybridized carbons (Fsp3) is 0.182. The Morgan fingerprint density at radius 3 is 2.46 bits per heavy atom. The molecule has 1 rings (SSSR count). The van der Waals surface area contributed by atoms with Gasteiger partial charge in [0.05, 0.1) is 6.10 Å². The highest BCUT2D eigenvalue weighted by molar-refractivity contribution is 5.82. The Morgan fingerprint density at radius 1 is 1.38 bits per heavy atom. The lowest BCUT2D eigenvalue weighted by atomic mass is 10.0. The van der Waals surface area contributed by atoms with Crippen molar-refractivity contribution in [2.24, 2.45) is 0 Å². The van der Waals surface area contributed by atoms with Crippen molar-refractivity contribution in [2.75, 3.05) is 0 Å². The number of aliphatic hydroxyl groups excluding tert-OH is 1. The SMILES string of the molecule is CC(O)/C(=C\C=O)c1ccccc1. The number of hydrogen-bond donors (Lipinski definition) is 1. The molecule has 0 aliphatic rings. The first-order valence-electron chi connectivity index (χ1n) is 4.14. The van der Waals surface area contributed by atoms with Crippen molar-refractivity contribution in [3.8, 4) is 0 Å². The Labute approximate surface area is 77.5 Å². The molecule has 0 spiro atoms. The summed E-state index contributed by atoms with van der Waals surface area (Å²) in [6.07, 6.45) is 1.46. The average molecular weight is 176 g/mol. The van der Waals surface area contributed by atoms with E-state index in [-0.39, 0.29) is 0 Å². The molecule has 0 saturated heterocycles. The number of benzene rings is 1. The maximum atomic E-state index is 10.3. The highest BCUT2D eigenvalue weighted by atomic mass is 16.3. The van der Waals surface area contributed by atoms with Gasteiger partial charge in [0.15, 0.2) is 0 Å². The van der Waals surface area contributed by atoms with E-state index in [9.17, 15) is 9.90 Å². The van der Waals surface area contributed by atoms with Gasteiger partial charge in [-0.3, -0.25) is 4.79 Å². The molecule has 68 valence electrons. The molecule has 0 aliphatic heterocycles. The highest BCUT2D eigenvalue weighted by Crippen LogP contribution is 2.16.